The van der Waals surface area contributed by atoms with E-state index in [9.17, 15) is 4.39 Å². The second-order valence-electron chi connectivity index (χ2n) is 2.85. The maximum atomic E-state index is 13.0. The van der Waals surface area contributed by atoms with Gasteiger partial charge in [-0.3, -0.25) is 0 Å². The third kappa shape index (κ3) is 2.90. The average molecular weight is 180 g/mol. The van der Waals surface area contributed by atoms with Crippen molar-refractivity contribution in [1.29, 1.82) is 0 Å². The van der Waals surface area contributed by atoms with Gasteiger partial charge in [-0.15, -0.1) is 0 Å². The molecule has 0 aliphatic carbocycles. The molecule has 70 valence electrons. The molecule has 0 N–H and O–H groups in total. The van der Waals surface area contributed by atoms with E-state index in [0.29, 0.717) is 12.4 Å². The first kappa shape index (κ1) is 9.78. The molecule has 0 saturated heterocycles. The highest BCUT2D eigenvalue weighted by atomic mass is 19.1. The van der Waals surface area contributed by atoms with Crippen LogP contribution in [0.1, 0.15) is 13.8 Å². The summed E-state index contributed by atoms with van der Waals surface area (Å²) in [4.78, 5) is 0. The molecule has 0 aliphatic rings. The van der Waals surface area contributed by atoms with Crippen molar-refractivity contribution in [3.63, 3.8) is 0 Å². The highest BCUT2D eigenvalue weighted by Crippen LogP contribution is 2.15. The van der Waals surface area contributed by atoms with Gasteiger partial charge < -0.3 is 4.74 Å². The molecule has 1 aromatic carbocycles. The zero-order valence-electron chi connectivity index (χ0n) is 7.88. The molecule has 13 heavy (non-hydrogen) atoms. The summed E-state index contributed by atoms with van der Waals surface area (Å²) >= 11 is 0. The van der Waals surface area contributed by atoms with Crippen molar-refractivity contribution in [1.82, 2.24) is 0 Å². The van der Waals surface area contributed by atoms with Gasteiger partial charge in [-0.2, -0.15) is 0 Å². The van der Waals surface area contributed by atoms with Crippen molar-refractivity contribution < 1.29 is 9.13 Å². The summed E-state index contributed by atoms with van der Waals surface area (Å²) in [6.45, 7) is 4.32. The molecule has 0 spiro atoms. The minimum absolute atomic E-state index is 0.309. The van der Waals surface area contributed by atoms with Gasteiger partial charge in [-0.05, 0) is 31.6 Å². The Morgan fingerprint density at radius 2 is 2.15 bits per heavy atom. The molecular weight excluding hydrogens is 167 g/mol. The largest absolute Gasteiger partial charge is 0.486 e. The zero-order chi connectivity index (χ0) is 9.68. The zero-order valence-corrected chi connectivity index (χ0v) is 7.88. The second-order valence-corrected chi connectivity index (χ2v) is 2.85. The third-order valence-corrected chi connectivity index (χ3v) is 1.78. The van der Waals surface area contributed by atoms with Crippen LogP contribution in [0, 0.1) is 5.82 Å². The third-order valence-electron chi connectivity index (χ3n) is 1.78. The van der Waals surface area contributed by atoms with Crippen LogP contribution in [-0.4, -0.2) is 6.61 Å². The number of halogens is 1. The molecule has 0 fully saturated rings. The molecule has 0 unspecified atom stereocenters. The van der Waals surface area contributed by atoms with Crippen LogP contribution in [0.2, 0.25) is 0 Å². The number of ether oxygens (including phenoxy) is 1. The van der Waals surface area contributed by atoms with Gasteiger partial charge in [-0.25, -0.2) is 4.39 Å². The standard InChI is InChI=1S/C11H13FO/c1-3-9(2)8-13-11-7-5-4-6-10(11)12/h3-7H,8H2,1-2H3/b9-3+. The van der Waals surface area contributed by atoms with E-state index in [4.69, 9.17) is 4.74 Å². The Bertz CT molecular complexity index is 305. The van der Waals surface area contributed by atoms with Gasteiger partial charge in [0, 0.05) is 0 Å². The predicted octanol–water partition coefficient (Wildman–Crippen LogP) is 3.17. The molecule has 0 bridgehead atoms. The molecule has 0 atom stereocenters. The molecule has 0 amide bonds. The van der Waals surface area contributed by atoms with E-state index >= 15 is 0 Å². The lowest BCUT2D eigenvalue weighted by atomic mass is 10.3. The van der Waals surface area contributed by atoms with Crippen LogP contribution in [0.3, 0.4) is 0 Å². The predicted molar refractivity (Wildman–Crippen MR) is 51.3 cm³/mol. The topological polar surface area (TPSA) is 9.23 Å². The molecule has 1 nitrogen and oxygen atoms in total. The molecule has 0 aliphatic heterocycles. The lowest BCUT2D eigenvalue weighted by Gasteiger charge is -2.06. The van der Waals surface area contributed by atoms with Crippen LogP contribution < -0.4 is 4.74 Å². The van der Waals surface area contributed by atoms with Gasteiger partial charge >= 0.3 is 0 Å². The molecule has 0 heterocycles. The molecule has 1 rings (SSSR count). The summed E-state index contributed by atoms with van der Waals surface area (Å²) < 4.78 is 18.2. The van der Waals surface area contributed by atoms with E-state index in [-0.39, 0.29) is 5.82 Å². The molecule has 0 aromatic heterocycles. The molecule has 0 radical (unpaired) electrons. The van der Waals surface area contributed by atoms with E-state index in [1.165, 1.54) is 6.07 Å². The molecule has 2 heteroatoms. The quantitative estimate of drug-likeness (QED) is 0.649. The van der Waals surface area contributed by atoms with Crippen LogP contribution in [0.4, 0.5) is 4.39 Å². The van der Waals surface area contributed by atoms with Gasteiger partial charge in [0.15, 0.2) is 11.6 Å². The Morgan fingerprint density at radius 3 is 2.77 bits per heavy atom. The fraction of sp³-hybridized carbons (Fsp3) is 0.273. The van der Waals surface area contributed by atoms with Crippen molar-refractivity contribution in [2.24, 2.45) is 0 Å². The average Bonchev–Trinajstić information content (AvgIpc) is 2.16. The Morgan fingerprint density at radius 1 is 1.46 bits per heavy atom. The van der Waals surface area contributed by atoms with E-state index in [2.05, 4.69) is 0 Å². The van der Waals surface area contributed by atoms with Crippen LogP contribution in [0.25, 0.3) is 0 Å². The van der Waals surface area contributed by atoms with Crippen molar-refractivity contribution >= 4 is 0 Å². The number of allylic oxidation sites excluding steroid dienone is 1. The van der Waals surface area contributed by atoms with Crippen molar-refractivity contribution in [2.75, 3.05) is 6.61 Å². The smallest absolute Gasteiger partial charge is 0.165 e. The lowest BCUT2D eigenvalue weighted by molar-refractivity contribution is 0.332. The Kier molecular flexibility index (Phi) is 3.50. The highest BCUT2D eigenvalue weighted by molar-refractivity contribution is 5.24. The van der Waals surface area contributed by atoms with Crippen LogP contribution in [-0.2, 0) is 0 Å². The first-order valence-corrected chi connectivity index (χ1v) is 4.23. The maximum absolute atomic E-state index is 13.0. The van der Waals surface area contributed by atoms with Crippen LogP contribution >= 0.6 is 0 Å². The van der Waals surface area contributed by atoms with Crippen molar-refractivity contribution in [3.05, 3.63) is 41.7 Å². The number of para-hydroxylation sites is 1. The monoisotopic (exact) mass is 180 g/mol. The summed E-state index contributed by atoms with van der Waals surface area (Å²) in [7, 11) is 0. The fourth-order valence-corrected chi connectivity index (χ4v) is 0.837. The number of rotatable bonds is 3. The van der Waals surface area contributed by atoms with Crippen molar-refractivity contribution in [3.8, 4) is 5.75 Å². The van der Waals surface area contributed by atoms with Gasteiger partial charge in [0.25, 0.3) is 0 Å². The number of benzene rings is 1. The lowest BCUT2D eigenvalue weighted by Crippen LogP contribution is -1.99. The summed E-state index contributed by atoms with van der Waals surface area (Å²) in [5.74, 6) is -0.00453. The van der Waals surface area contributed by atoms with Crippen LogP contribution in [0.15, 0.2) is 35.9 Å². The minimum Gasteiger partial charge on any atom is -0.486 e. The maximum Gasteiger partial charge on any atom is 0.165 e. The van der Waals surface area contributed by atoms with Gasteiger partial charge in [0.05, 0.1) is 0 Å². The normalized spacial score (nSPS) is 11.5. The first-order chi connectivity index (χ1) is 6.24. The molecular formula is C11H13FO. The second kappa shape index (κ2) is 4.65. The summed E-state index contributed by atoms with van der Waals surface area (Å²) in [5, 5.41) is 0. The van der Waals surface area contributed by atoms with E-state index in [1.807, 2.05) is 19.9 Å². The van der Waals surface area contributed by atoms with E-state index in [1.54, 1.807) is 18.2 Å². The SMILES string of the molecule is C/C=C(\C)COc1ccccc1F. The highest BCUT2D eigenvalue weighted by Gasteiger charge is 2.00. The Hall–Kier alpha value is -1.31. The summed E-state index contributed by atoms with van der Waals surface area (Å²) in [6, 6.07) is 6.41. The number of hydrogen-bond acceptors (Lipinski definition) is 1. The van der Waals surface area contributed by atoms with Crippen molar-refractivity contribution in [2.45, 2.75) is 13.8 Å². The Balaban J connectivity index is 2.60. The Labute approximate surface area is 77.8 Å². The summed E-state index contributed by atoms with van der Waals surface area (Å²) in [5.41, 5.74) is 1.09. The van der Waals surface area contributed by atoms with E-state index < -0.39 is 0 Å². The van der Waals surface area contributed by atoms with Gasteiger partial charge in [0.2, 0.25) is 0 Å². The molecule has 1 aromatic rings. The number of hydrogen-bond donors (Lipinski definition) is 0. The fourth-order valence-electron chi connectivity index (χ4n) is 0.837. The van der Waals surface area contributed by atoms with Crippen LogP contribution in [0.5, 0.6) is 5.75 Å². The summed E-state index contributed by atoms with van der Waals surface area (Å²) in [6.07, 6.45) is 1.95. The minimum atomic E-state index is -0.314. The first-order valence-electron chi connectivity index (χ1n) is 4.23. The van der Waals surface area contributed by atoms with Gasteiger partial charge in [0.1, 0.15) is 6.61 Å². The molecule has 0 saturated carbocycles. The van der Waals surface area contributed by atoms with Gasteiger partial charge in [-0.1, -0.05) is 18.2 Å². The van der Waals surface area contributed by atoms with E-state index in [0.717, 1.165) is 5.57 Å².